The lowest BCUT2D eigenvalue weighted by atomic mass is 10.0. The Morgan fingerprint density at radius 2 is 1.71 bits per heavy atom. The highest BCUT2D eigenvalue weighted by molar-refractivity contribution is 5.90. The van der Waals surface area contributed by atoms with Crippen molar-refractivity contribution in [2.24, 2.45) is 0 Å². The predicted octanol–water partition coefficient (Wildman–Crippen LogP) is 5.28. The Hall–Kier alpha value is -3.86. The number of ether oxygens (including phenoxy) is 2. The van der Waals surface area contributed by atoms with E-state index in [1.54, 1.807) is 6.20 Å². The van der Waals surface area contributed by atoms with Crippen molar-refractivity contribution in [3.63, 3.8) is 0 Å². The van der Waals surface area contributed by atoms with Crippen LogP contribution >= 0.6 is 0 Å². The van der Waals surface area contributed by atoms with E-state index in [1.807, 2.05) is 73.7 Å². The molecule has 0 aliphatic heterocycles. The number of benzene rings is 3. The molecule has 31 heavy (non-hydrogen) atoms. The van der Waals surface area contributed by atoms with Gasteiger partial charge >= 0.3 is 0 Å². The second kappa shape index (κ2) is 9.76. The quantitative estimate of drug-likeness (QED) is 0.427. The second-order valence-corrected chi connectivity index (χ2v) is 7.10. The molecule has 0 fully saturated rings. The topological polar surface area (TPSA) is 60.5 Å². The highest BCUT2D eigenvalue weighted by atomic mass is 16.5. The molecule has 0 saturated carbocycles. The van der Waals surface area contributed by atoms with Crippen molar-refractivity contribution < 1.29 is 14.3 Å². The number of rotatable bonds is 8. The average molecular weight is 412 g/mol. The van der Waals surface area contributed by atoms with Crippen LogP contribution in [-0.4, -0.2) is 17.5 Å². The molecule has 0 bridgehead atoms. The Kier molecular flexibility index (Phi) is 6.43. The molecule has 1 aromatic heterocycles. The summed E-state index contributed by atoms with van der Waals surface area (Å²) in [6.45, 7) is 2.97. The predicted molar refractivity (Wildman–Crippen MR) is 121 cm³/mol. The lowest BCUT2D eigenvalue weighted by Gasteiger charge is -2.10. The average Bonchev–Trinajstić information content (AvgIpc) is 2.80. The Morgan fingerprint density at radius 1 is 0.935 bits per heavy atom. The van der Waals surface area contributed by atoms with E-state index in [0.717, 1.165) is 27.6 Å². The van der Waals surface area contributed by atoms with Crippen LogP contribution in [0.3, 0.4) is 0 Å². The van der Waals surface area contributed by atoms with E-state index < -0.39 is 0 Å². The van der Waals surface area contributed by atoms with Crippen LogP contribution in [0.5, 0.6) is 17.4 Å². The van der Waals surface area contributed by atoms with Crippen LogP contribution in [0.2, 0.25) is 0 Å². The minimum atomic E-state index is -0.0258. The normalized spacial score (nSPS) is 10.6. The summed E-state index contributed by atoms with van der Waals surface area (Å²) >= 11 is 0. The third kappa shape index (κ3) is 5.39. The van der Waals surface area contributed by atoms with E-state index in [-0.39, 0.29) is 5.91 Å². The maximum atomic E-state index is 12.5. The molecule has 5 heteroatoms. The van der Waals surface area contributed by atoms with Gasteiger partial charge in [-0.05, 0) is 59.2 Å². The zero-order valence-corrected chi connectivity index (χ0v) is 17.4. The first-order valence-corrected chi connectivity index (χ1v) is 10.3. The van der Waals surface area contributed by atoms with Gasteiger partial charge in [0.1, 0.15) is 11.5 Å². The van der Waals surface area contributed by atoms with Gasteiger partial charge in [-0.3, -0.25) is 4.79 Å². The van der Waals surface area contributed by atoms with E-state index in [9.17, 15) is 4.79 Å². The van der Waals surface area contributed by atoms with Crippen LogP contribution in [0.15, 0.2) is 85.1 Å². The van der Waals surface area contributed by atoms with Crippen LogP contribution in [0.1, 0.15) is 18.1 Å². The minimum absolute atomic E-state index is 0.0258. The number of hydrogen-bond acceptors (Lipinski definition) is 4. The van der Waals surface area contributed by atoms with Gasteiger partial charge in [0.15, 0.2) is 0 Å². The molecule has 1 heterocycles. The summed E-state index contributed by atoms with van der Waals surface area (Å²) in [5, 5.41) is 5.23. The van der Waals surface area contributed by atoms with Crippen molar-refractivity contribution in [3.8, 4) is 17.4 Å². The molecule has 0 saturated heterocycles. The fourth-order valence-corrected chi connectivity index (χ4v) is 3.39. The third-order valence-electron chi connectivity index (χ3n) is 4.88. The lowest BCUT2D eigenvalue weighted by molar-refractivity contribution is -0.120. The van der Waals surface area contributed by atoms with Gasteiger partial charge in [0.25, 0.3) is 0 Å². The van der Waals surface area contributed by atoms with Crippen molar-refractivity contribution in [3.05, 3.63) is 96.2 Å². The number of fused-ring (bicyclic) bond motifs is 1. The van der Waals surface area contributed by atoms with Gasteiger partial charge in [-0.25, -0.2) is 4.98 Å². The van der Waals surface area contributed by atoms with E-state index in [2.05, 4.69) is 22.4 Å². The number of nitrogens with one attached hydrogen (secondary N) is 1. The number of aromatic nitrogens is 1. The van der Waals surface area contributed by atoms with E-state index >= 15 is 0 Å². The van der Waals surface area contributed by atoms with Crippen LogP contribution in [0.25, 0.3) is 10.8 Å². The Balaban J connectivity index is 1.36. The molecule has 0 radical (unpaired) electrons. The van der Waals surface area contributed by atoms with Gasteiger partial charge < -0.3 is 14.8 Å². The standard InChI is InChI=1S/C26H24N2O3/c1-2-30-22-10-12-23(13-11-22)31-26-16-19(14-15-27-26)18-28-25(29)17-21-8-5-7-20-6-3-4-9-24(20)21/h3-16H,2,17-18H2,1H3,(H,28,29). The summed E-state index contributed by atoms with van der Waals surface area (Å²) in [4.78, 5) is 16.8. The number of carbonyl (C=O) groups is 1. The van der Waals surface area contributed by atoms with Gasteiger partial charge in [0.05, 0.1) is 13.0 Å². The highest BCUT2D eigenvalue weighted by Gasteiger charge is 2.08. The molecule has 0 aliphatic carbocycles. The fraction of sp³-hybridized carbons (Fsp3) is 0.154. The molecule has 1 amide bonds. The minimum Gasteiger partial charge on any atom is -0.494 e. The number of carbonyl (C=O) groups excluding carboxylic acids is 1. The zero-order chi connectivity index (χ0) is 21.5. The molecule has 5 nitrogen and oxygen atoms in total. The van der Waals surface area contributed by atoms with E-state index in [0.29, 0.717) is 31.2 Å². The molecule has 4 rings (SSSR count). The van der Waals surface area contributed by atoms with Crippen molar-refractivity contribution in [2.45, 2.75) is 19.9 Å². The fourth-order valence-electron chi connectivity index (χ4n) is 3.39. The Morgan fingerprint density at radius 3 is 2.55 bits per heavy atom. The maximum absolute atomic E-state index is 12.5. The molecular weight excluding hydrogens is 388 g/mol. The van der Waals surface area contributed by atoms with Crippen LogP contribution in [0.4, 0.5) is 0 Å². The highest BCUT2D eigenvalue weighted by Crippen LogP contribution is 2.23. The largest absolute Gasteiger partial charge is 0.494 e. The zero-order valence-electron chi connectivity index (χ0n) is 17.4. The smallest absolute Gasteiger partial charge is 0.224 e. The number of nitrogens with zero attached hydrogens (tertiary/aromatic N) is 1. The molecule has 0 unspecified atom stereocenters. The molecule has 3 aromatic carbocycles. The number of pyridine rings is 1. The SMILES string of the molecule is CCOc1ccc(Oc2cc(CNC(=O)Cc3cccc4ccccc34)ccn2)cc1. The molecular formula is C26H24N2O3. The molecule has 4 aromatic rings. The Bertz CT molecular complexity index is 1170. The van der Waals surface area contributed by atoms with Crippen molar-refractivity contribution >= 4 is 16.7 Å². The monoisotopic (exact) mass is 412 g/mol. The first kappa shape index (κ1) is 20.4. The van der Waals surface area contributed by atoms with Gasteiger partial charge in [-0.2, -0.15) is 0 Å². The van der Waals surface area contributed by atoms with Crippen LogP contribution in [-0.2, 0) is 17.8 Å². The molecule has 0 spiro atoms. The Labute approximate surface area is 181 Å². The van der Waals surface area contributed by atoms with Crippen molar-refractivity contribution in [1.82, 2.24) is 10.3 Å². The summed E-state index contributed by atoms with van der Waals surface area (Å²) < 4.78 is 11.3. The molecule has 156 valence electrons. The molecule has 1 N–H and O–H groups in total. The van der Waals surface area contributed by atoms with Crippen molar-refractivity contribution in [1.29, 1.82) is 0 Å². The van der Waals surface area contributed by atoms with Crippen molar-refractivity contribution in [2.75, 3.05) is 6.61 Å². The lowest BCUT2D eigenvalue weighted by Crippen LogP contribution is -2.24. The first-order chi connectivity index (χ1) is 15.2. The third-order valence-corrected chi connectivity index (χ3v) is 4.88. The number of hydrogen-bond donors (Lipinski definition) is 1. The summed E-state index contributed by atoms with van der Waals surface area (Å²) in [6, 6.07) is 25.2. The maximum Gasteiger partial charge on any atom is 0.224 e. The van der Waals surface area contributed by atoms with E-state index in [4.69, 9.17) is 9.47 Å². The molecule has 0 atom stereocenters. The number of amides is 1. The van der Waals surface area contributed by atoms with Gasteiger partial charge in [0.2, 0.25) is 11.8 Å². The van der Waals surface area contributed by atoms with Gasteiger partial charge in [0, 0.05) is 18.8 Å². The summed E-state index contributed by atoms with van der Waals surface area (Å²) in [7, 11) is 0. The summed E-state index contributed by atoms with van der Waals surface area (Å²) in [6.07, 6.45) is 2.01. The van der Waals surface area contributed by atoms with Crippen LogP contribution < -0.4 is 14.8 Å². The summed E-state index contributed by atoms with van der Waals surface area (Å²) in [5.74, 6) is 1.92. The first-order valence-electron chi connectivity index (χ1n) is 10.3. The summed E-state index contributed by atoms with van der Waals surface area (Å²) in [5.41, 5.74) is 1.94. The molecule has 0 aliphatic rings. The van der Waals surface area contributed by atoms with E-state index in [1.165, 1.54) is 0 Å². The van der Waals surface area contributed by atoms with Crippen LogP contribution in [0, 0.1) is 0 Å². The second-order valence-electron chi connectivity index (χ2n) is 7.10. The van der Waals surface area contributed by atoms with Gasteiger partial charge in [-0.1, -0.05) is 42.5 Å². The van der Waals surface area contributed by atoms with Gasteiger partial charge in [-0.15, -0.1) is 0 Å².